The molecule has 2 aromatic carbocycles. The molecule has 2 amide bonds. The van der Waals surface area contributed by atoms with Gasteiger partial charge in [0.15, 0.2) is 23.3 Å². The molecule has 194 valence electrons. The van der Waals surface area contributed by atoms with Crippen LogP contribution in [-0.2, 0) is 9.59 Å². The van der Waals surface area contributed by atoms with Gasteiger partial charge in [-0.15, -0.1) is 0 Å². The van der Waals surface area contributed by atoms with Crippen molar-refractivity contribution in [3.8, 4) is 11.5 Å². The fraction of sp³-hybridized carbons (Fsp3) is 0.240. The molecule has 0 saturated heterocycles. The highest BCUT2D eigenvalue weighted by Crippen LogP contribution is 2.36. The van der Waals surface area contributed by atoms with Gasteiger partial charge >= 0.3 is 0 Å². The smallest absolute Gasteiger partial charge is 0.262 e. The quantitative estimate of drug-likeness (QED) is 0.145. The molecule has 0 aliphatic carbocycles. The Hall–Kier alpha value is -3.51. The molecule has 0 atom stereocenters. The molecule has 0 bridgehead atoms. The lowest BCUT2D eigenvalue weighted by molar-refractivity contribution is -0.119. The van der Waals surface area contributed by atoms with Crippen molar-refractivity contribution in [2.45, 2.75) is 25.9 Å². The van der Waals surface area contributed by atoms with Gasteiger partial charge in [0.1, 0.15) is 5.82 Å². The minimum atomic E-state index is -0.418. The van der Waals surface area contributed by atoms with E-state index in [2.05, 4.69) is 41.7 Å². The number of halogens is 2. The molecular formula is C25H25BrFN5O4S. The Bertz CT molecular complexity index is 1270. The molecule has 0 saturated carbocycles. The van der Waals surface area contributed by atoms with Crippen molar-refractivity contribution in [1.82, 2.24) is 15.4 Å². The van der Waals surface area contributed by atoms with E-state index in [1.165, 1.54) is 42.2 Å². The second kappa shape index (κ2) is 13.7. The average molecular weight is 590 g/mol. The summed E-state index contributed by atoms with van der Waals surface area (Å²) in [6.45, 7) is 5.63. The van der Waals surface area contributed by atoms with Gasteiger partial charge in [-0.25, -0.2) is 19.8 Å². The Morgan fingerprint density at radius 1 is 1.08 bits per heavy atom. The van der Waals surface area contributed by atoms with Gasteiger partial charge < -0.3 is 14.8 Å². The second-order valence-electron chi connectivity index (χ2n) is 7.62. The van der Waals surface area contributed by atoms with Crippen molar-refractivity contribution in [2.24, 2.45) is 5.10 Å². The van der Waals surface area contributed by atoms with Crippen molar-refractivity contribution < 1.29 is 23.5 Å². The fourth-order valence-electron chi connectivity index (χ4n) is 3.03. The van der Waals surface area contributed by atoms with E-state index >= 15 is 0 Å². The summed E-state index contributed by atoms with van der Waals surface area (Å²) in [6, 6.07) is 10.7. The number of carbonyl (C=O) groups excluding carboxylic acids is 2. The Kier molecular flexibility index (Phi) is 10.4. The van der Waals surface area contributed by atoms with Crippen LogP contribution in [0.4, 0.5) is 10.1 Å². The third kappa shape index (κ3) is 9.14. The molecule has 0 spiro atoms. The highest BCUT2D eigenvalue weighted by Gasteiger charge is 2.14. The zero-order valence-electron chi connectivity index (χ0n) is 20.4. The summed E-state index contributed by atoms with van der Waals surface area (Å²) in [5.41, 5.74) is 5.23. The van der Waals surface area contributed by atoms with Crippen LogP contribution in [0.25, 0.3) is 0 Å². The number of amides is 2. The van der Waals surface area contributed by atoms with Gasteiger partial charge in [-0.3, -0.25) is 9.59 Å². The van der Waals surface area contributed by atoms with Gasteiger partial charge in [-0.1, -0.05) is 11.8 Å². The third-order valence-corrected chi connectivity index (χ3v) is 5.94. The largest absolute Gasteiger partial charge is 0.490 e. The number of benzene rings is 2. The number of aryl methyl sites for hydroxylation is 2. The maximum absolute atomic E-state index is 13.0. The molecule has 0 fully saturated rings. The number of nitrogens with one attached hydrogen (secondary N) is 2. The molecule has 9 nitrogen and oxygen atoms in total. The lowest BCUT2D eigenvalue weighted by Crippen LogP contribution is -2.20. The first-order valence-electron chi connectivity index (χ1n) is 11.1. The number of rotatable bonds is 11. The number of hydrazone groups is 1. The molecule has 0 aliphatic heterocycles. The molecule has 0 unspecified atom stereocenters. The van der Waals surface area contributed by atoms with E-state index < -0.39 is 11.7 Å². The third-order valence-electron chi connectivity index (χ3n) is 4.50. The molecule has 1 aromatic heterocycles. The van der Waals surface area contributed by atoms with Gasteiger partial charge in [0.2, 0.25) is 0 Å². The predicted molar refractivity (Wildman–Crippen MR) is 144 cm³/mol. The van der Waals surface area contributed by atoms with Crippen molar-refractivity contribution in [3.63, 3.8) is 0 Å². The van der Waals surface area contributed by atoms with Crippen LogP contribution in [0.1, 0.15) is 23.9 Å². The molecule has 12 heteroatoms. The van der Waals surface area contributed by atoms with Crippen LogP contribution in [0.15, 0.2) is 57.2 Å². The number of ether oxygens (including phenoxy) is 2. The highest BCUT2D eigenvalue weighted by atomic mass is 79.9. The Morgan fingerprint density at radius 3 is 2.46 bits per heavy atom. The number of hydrogen-bond acceptors (Lipinski definition) is 8. The topological polar surface area (TPSA) is 115 Å². The van der Waals surface area contributed by atoms with Crippen LogP contribution in [0.3, 0.4) is 0 Å². The first kappa shape index (κ1) is 28.1. The maximum Gasteiger partial charge on any atom is 0.262 e. The van der Waals surface area contributed by atoms with Crippen LogP contribution < -0.4 is 20.2 Å². The molecule has 0 radical (unpaired) electrons. The highest BCUT2D eigenvalue weighted by molar-refractivity contribution is 9.10. The molecule has 37 heavy (non-hydrogen) atoms. The van der Waals surface area contributed by atoms with E-state index in [0.717, 1.165) is 11.4 Å². The SMILES string of the molecule is CCOc1cc(/C=N\NC(=O)CSc2nc(C)cc(C)n2)cc(Br)c1OCC(=O)Nc1ccc(F)cc1. The van der Waals surface area contributed by atoms with E-state index in [4.69, 9.17) is 9.47 Å². The summed E-state index contributed by atoms with van der Waals surface area (Å²) in [7, 11) is 0. The number of nitrogens with zero attached hydrogens (tertiary/aromatic N) is 3. The molecule has 2 N–H and O–H groups in total. The van der Waals surface area contributed by atoms with Gasteiger partial charge in [0.25, 0.3) is 11.8 Å². The molecule has 3 rings (SSSR count). The Labute approximate surface area is 226 Å². The first-order chi connectivity index (χ1) is 17.7. The molecule has 0 aliphatic rings. The Balaban J connectivity index is 1.57. The van der Waals surface area contributed by atoms with Crippen LogP contribution >= 0.6 is 27.7 Å². The van der Waals surface area contributed by atoms with Gasteiger partial charge in [-0.05, 0) is 84.7 Å². The lowest BCUT2D eigenvalue weighted by atomic mass is 10.2. The van der Waals surface area contributed by atoms with Crippen LogP contribution in [0, 0.1) is 19.7 Å². The van der Waals surface area contributed by atoms with Crippen molar-refractivity contribution in [1.29, 1.82) is 0 Å². The second-order valence-corrected chi connectivity index (χ2v) is 9.42. The standard InChI is InChI=1S/C25H25BrFN5O4S/c1-4-35-21-11-17(12-28-32-23(34)14-37-25-29-15(2)9-16(3)30-25)10-20(26)24(21)36-13-22(33)31-19-7-5-18(27)6-8-19/h5-12H,4,13-14H2,1-3H3,(H,31,33)(H,32,34)/b28-12-. The molecule has 1 heterocycles. The van der Waals surface area contributed by atoms with Gasteiger partial charge in [0, 0.05) is 17.1 Å². The van der Waals surface area contributed by atoms with E-state index in [0.29, 0.717) is 39.0 Å². The van der Waals surface area contributed by atoms with Crippen LogP contribution in [0.5, 0.6) is 11.5 Å². The summed E-state index contributed by atoms with van der Waals surface area (Å²) in [5, 5.41) is 7.16. The van der Waals surface area contributed by atoms with E-state index in [1.807, 2.05) is 26.8 Å². The normalized spacial score (nSPS) is 10.8. The minimum Gasteiger partial charge on any atom is -0.490 e. The van der Waals surface area contributed by atoms with Gasteiger partial charge in [-0.2, -0.15) is 5.10 Å². The van der Waals surface area contributed by atoms with Gasteiger partial charge in [0.05, 0.1) is 23.0 Å². The number of aromatic nitrogens is 2. The zero-order chi connectivity index (χ0) is 26.8. The number of anilines is 1. The maximum atomic E-state index is 13.0. The Morgan fingerprint density at radius 2 is 1.78 bits per heavy atom. The fourth-order valence-corrected chi connectivity index (χ4v) is 4.35. The predicted octanol–water partition coefficient (Wildman–Crippen LogP) is 4.65. The van der Waals surface area contributed by atoms with Crippen LogP contribution in [0.2, 0.25) is 0 Å². The summed E-state index contributed by atoms with van der Waals surface area (Å²) in [4.78, 5) is 33.0. The summed E-state index contributed by atoms with van der Waals surface area (Å²) in [6.07, 6.45) is 1.47. The van der Waals surface area contributed by atoms with E-state index in [-0.39, 0.29) is 18.3 Å². The molecule has 3 aromatic rings. The van der Waals surface area contributed by atoms with Crippen LogP contribution in [-0.4, -0.2) is 47.0 Å². The summed E-state index contributed by atoms with van der Waals surface area (Å²) < 4.78 is 24.9. The number of carbonyl (C=O) groups is 2. The van der Waals surface area contributed by atoms with Crippen molar-refractivity contribution in [2.75, 3.05) is 24.3 Å². The van der Waals surface area contributed by atoms with E-state index in [1.54, 1.807) is 12.1 Å². The van der Waals surface area contributed by atoms with Crippen molar-refractivity contribution >= 4 is 51.4 Å². The lowest BCUT2D eigenvalue weighted by Gasteiger charge is -2.14. The minimum absolute atomic E-state index is 0.112. The number of hydrogen-bond donors (Lipinski definition) is 2. The average Bonchev–Trinajstić information content (AvgIpc) is 2.83. The summed E-state index contributed by atoms with van der Waals surface area (Å²) in [5.74, 6) is -0.281. The summed E-state index contributed by atoms with van der Waals surface area (Å²) >= 11 is 4.66. The molecular weight excluding hydrogens is 565 g/mol. The monoisotopic (exact) mass is 589 g/mol. The number of thioether (sulfide) groups is 1. The van der Waals surface area contributed by atoms with Crippen molar-refractivity contribution in [3.05, 3.63) is 69.7 Å². The zero-order valence-corrected chi connectivity index (χ0v) is 22.8. The first-order valence-corrected chi connectivity index (χ1v) is 12.9. The van der Waals surface area contributed by atoms with E-state index in [9.17, 15) is 14.0 Å².